The molecule has 7 nitrogen and oxygen atoms in total. The van der Waals surface area contributed by atoms with Gasteiger partial charge in [0.2, 0.25) is 5.91 Å². The molecule has 1 unspecified atom stereocenters. The second kappa shape index (κ2) is 7.38. The second-order valence-corrected chi connectivity index (χ2v) is 6.58. The van der Waals surface area contributed by atoms with Crippen molar-refractivity contribution in [3.8, 4) is 11.1 Å². The molecule has 1 amide bonds. The van der Waals surface area contributed by atoms with Crippen molar-refractivity contribution < 1.29 is 18.4 Å². The third-order valence-electron chi connectivity index (χ3n) is 3.76. The fourth-order valence-corrected chi connectivity index (χ4v) is 3.18. The summed E-state index contributed by atoms with van der Waals surface area (Å²) in [5.41, 5.74) is 2.30. The number of nitrogens with zero attached hydrogens (tertiary/aromatic N) is 2. The molecule has 2 N–H and O–H groups in total. The Balaban J connectivity index is 2.10. The van der Waals surface area contributed by atoms with Crippen LogP contribution in [0.1, 0.15) is 13.3 Å². The molecule has 0 aliphatic carbocycles. The molecule has 1 aromatic carbocycles. The van der Waals surface area contributed by atoms with E-state index in [0.29, 0.717) is 6.54 Å². The molecule has 0 saturated carbocycles. The van der Waals surface area contributed by atoms with Crippen molar-refractivity contribution in [3.05, 3.63) is 42.7 Å². The zero-order valence-electron chi connectivity index (χ0n) is 12.7. The predicted octanol–water partition coefficient (Wildman–Crippen LogP) is 1.06. The Hall–Kier alpha value is -2.19. The van der Waals surface area contributed by atoms with Crippen LogP contribution in [0.15, 0.2) is 42.7 Å². The van der Waals surface area contributed by atoms with Crippen molar-refractivity contribution in [2.75, 3.05) is 5.75 Å². The SMILES string of the molecule is CC(CCn1cc(-c2ccccc2)cn1)(C[SH](=O)=O)C(=O)NO. The van der Waals surface area contributed by atoms with Crippen molar-refractivity contribution >= 4 is 16.6 Å². The van der Waals surface area contributed by atoms with Gasteiger partial charge in [-0.15, -0.1) is 0 Å². The Morgan fingerprint density at radius 1 is 1.30 bits per heavy atom. The summed E-state index contributed by atoms with van der Waals surface area (Å²) in [6.45, 7) is 1.87. The minimum atomic E-state index is -2.74. The summed E-state index contributed by atoms with van der Waals surface area (Å²) < 4.78 is 23.6. The van der Waals surface area contributed by atoms with Gasteiger partial charge in [0.1, 0.15) is 10.7 Å². The molecule has 0 spiro atoms. The molecular weight excluding hydrogens is 318 g/mol. The fraction of sp³-hybridized carbons (Fsp3) is 0.333. The van der Waals surface area contributed by atoms with E-state index in [4.69, 9.17) is 5.21 Å². The molecule has 0 bridgehead atoms. The van der Waals surface area contributed by atoms with E-state index in [1.807, 2.05) is 36.5 Å². The third-order valence-corrected chi connectivity index (χ3v) is 4.72. The summed E-state index contributed by atoms with van der Waals surface area (Å²) in [6.07, 6.45) is 3.79. The fourth-order valence-electron chi connectivity index (χ4n) is 2.31. The number of benzene rings is 1. The lowest BCUT2D eigenvalue weighted by molar-refractivity contribution is -0.138. The summed E-state index contributed by atoms with van der Waals surface area (Å²) in [4.78, 5) is 11.8. The van der Waals surface area contributed by atoms with Crippen LogP contribution in [0.5, 0.6) is 0 Å². The monoisotopic (exact) mass is 337 g/mol. The Morgan fingerprint density at radius 3 is 2.61 bits per heavy atom. The van der Waals surface area contributed by atoms with Crippen LogP contribution in [0.25, 0.3) is 11.1 Å². The average Bonchev–Trinajstić information content (AvgIpc) is 3.01. The van der Waals surface area contributed by atoms with Crippen molar-refractivity contribution in [2.45, 2.75) is 19.9 Å². The Labute approximate surface area is 135 Å². The maximum Gasteiger partial charge on any atom is 0.250 e. The Kier molecular flexibility index (Phi) is 5.51. The van der Waals surface area contributed by atoms with Gasteiger partial charge in [-0.3, -0.25) is 14.7 Å². The summed E-state index contributed by atoms with van der Waals surface area (Å²) in [7, 11) is -2.74. The van der Waals surface area contributed by atoms with Gasteiger partial charge in [0.05, 0.1) is 17.4 Å². The number of hydrogen-bond acceptors (Lipinski definition) is 5. The van der Waals surface area contributed by atoms with Crippen LogP contribution in [0.4, 0.5) is 0 Å². The zero-order chi connectivity index (χ0) is 16.9. The van der Waals surface area contributed by atoms with Crippen LogP contribution in [-0.4, -0.2) is 35.1 Å². The van der Waals surface area contributed by atoms with Crippen molar-refractivity contribution in [3.63, 3.8) is 0 Å². The highest BCUT2D eigenvalue weighted by Gasteiger charge is 2.34. The molecule has 0 fully saturated rings. The summed E-state index contributed by atoms with van der Waals surface area (Å²) in [5, 5.41) is 13.0. The predicted molar refractivity (Wildman–Crippen MR) is 85.5 cm³/mol. The highest BCUT2D eigenvalue weighted by atomic mass is 32.2. The maximum absolute atomic E-state index is 11.8. The average molecular weight is 337 g/mol. The highest BCUT2D eigenvalue weighted by molar-refractivity contribution is 7.72. The first-order chi connectivity index (χ1) is 10.9. The lowest BCUT2D eigenvalue weighted by Crippen LogP contribution is -2.41. The quantitative estimate of drug-likeness (QED) is 0.398. The van der Waals surface area contributed by atoms with E-state index in [1.165, 1.54) is 6.92 Å². The molecule has 1 atom stereocenters. The normalized spacial score (nSPS) is 13.7. The smallest absolute Gasteiger partial charge is 0.250 e. The van der Waals surface area contributed by atoms with Gasteiger partial charge in [-0.25, -0.2) is 13.9 Å². The Bertz CT molecular complexity index is 734. The van der Waals surface area contributed by atoms with E-state index in [1.54, 1.807) is 16.4 Å². The molecule has 1 aromatic heterocycles. The molecule has 1 heterocycles. The number of aryl methyl sites for hydroxylation is 1. The third kappa shape index (κ3) is 4.40. The van der Waals surface area contributed by atoms with Crippen LogP contribution in [0, 0.1) is 5.41 Å². The van der Waals surface area contributed by atoms with Crippen LogP contribution in [0.2, 0.25) is 0 Å². The summed E-state index contributed by atoms with van der Waals surface area (Å²) >= 11 is 0. The molecule has 0 radical (unpaired) electrons. The summed E-state index contributed by atoms with van der Waals surface area (Å²) in [5.74, 6) is -1.05. The van der Waals surface area contributed by atoms with Crippen molar-refractivity contribution in [1.82, 2.24) is 15.3 Å². The first kappa shape index (κ1) is 17.2. The molecule has 2 rings (SSSR count). The van der Waals surface area contributed by atoms with E-state index < -0.39 is 22.0 Å². The van der Waals surface area contributed by atoms with E-state index in [0.717, 1.165) is 11.1 Å². The number of aromatic nitrogens is 2. The van der Waals surface area contributed by atoms with Crippen LogP contribution in [0.3, 0.4) is 0 Å². The summed E-state index contributed by atoms with van der Waals surface area (Å²) in [6, 6.07) is 9.72. The topological polar surface area (TPSA) is 101 Å². The maximum atomic E-state index is 11.8. The standard InChI is InChI=1S/C15H19N3O4S/c1-15(11-23(21)22,14(19)17-20)7-8-18-10-13(9-16-18)12-5-3-2-4-6-12/h2-6,9-10,20,23H,7-8,11H2,1H3,(H,17,19). The van der Waals surface area contributed by atoms with Gasteiger partial charge < -0.3 is 0 Å². The first-order valence-electron chi connectivity index (χ1n) is 7.09. The highest BCUT2D eigenvalue weighted by Crippen LogP contribution is 2.24. The zero-order valence-corrected chi connectivity index (χ0v) is 13.6. The van der Waals surface area contributed by atoms with Crippen LogP contribution >= 0.6 is 0 Å². The van der Waals surface area contributed by atoms with Gasteiger partial charge in [-0.2, -0.15) is 5.10 Å². The number of nitrogens with one attached hydrogen (secondary N) is 1. The second-order valence-electron chi connectivity index (χ2n) is 5.60. The molecule has 2 aromatic rings. The minimum Gasteiger partial charge on any atom is -0.289 e. The molecule has 0 saturated heterocycles. The molecule has 0 aliphatic heterocycles. The Morgan fingerprint density at radius 2 is 2.00 bits per heavy atom. The number of carbonyl (C=O) groups is 1. The number of hydrogen-bond donors (Lipinski definition) is 3. The number of amides is 1. The largest absolute Gasteiger partial charge is 0.289 e. The van der Waals surface area contributed by atoms with Crippen molar-refractivity contribution in [2.24, 2.45) is 5.41 Å². The lowest BCUT2D eigenvalue weighted by atomic mass is 9.88. The number of thiol groups is 1. The number of rotatable bonds is 7. The van der Waals surface area contributed by atoms with E-state index in [-0.39, 0.29) is 12.2 Å². The van der Waals surface area contributed by atoms with Crippen molar-refractivity contribution in [1.29, 1.82) is 0 Å². The van der Waals surface area contributed by atoms with Gasteiger partial charge in [0.15, 0.2) is 0 Å². The van der Waals surface area contributed by atoms with Gasteiger partial charge in [0, 0.05) is 18.3 Å². The molecule has 8 heteroatoms. The first-order valence-corrected chi connectivity index (χ1v) is 8.45. The minimum absolute atomic E-state index is 0.235. The molecular formula is C15H19N3O4S. The van der Waals surface area contributed by atoms with Gasteiger partial charge in [-0.05, 0) is 18.9 Å². The molecule has 23 heavy (non-hydrogen) atoms. The van der Waals surface area contributed by atoms with Crippen LogP contribution in [-0.2, 0) is 22.0 Å². The number of carbonyl (C=O) groups excluding carboxylic acids is 1. The molecule has 0 aliphatic rings. The number of hydroxylamine groups is 1. The van der Waals surface area contributed by atoms with Crippen LogP contribution < -0.4 is 5.48 Å². The van der Waals surface area contributed by atoms with E-state index in [2.05, 4.69) is 5.10 Å². The van der Waals surface area contributed by atoms with Gasteiger partial charge in [0.25, 0.3) is 0 Å². The molecule has 124 valence electrons. The van der Waals surface area contributed by atoms with E-state index >= 15 is 0 Å². The van der Waals surface area contributed by atoms with Gasteiger partial charge in [-0.1, -0.05) is 30.3 Å². The lowest BCUT2D eigenvalue weighted by Gasteiger charge is -2.24. The van der Waals surface area contributed by atoms with E-state index in [9.17, 15) is 13.2 Å². The van der Waals surface area contributed by atoms with Gasteiger partial charge >= 0.3 is 0 Å².